The minimum atomic E-state index is -4.36. The van der Waals surface area contributed by atoms with E-state index in [-0.39, 0.29) is 12.5 Å². The number of halogens is 3. The lowest BCUT2D eigenvalue weighted by Crippen LogP contribution is -2.24. The lowest BCUT2D eigenvalue weighted by Gasteiger charge is -2.15. The van der Waals surface area contributed by atoms with E-state index in [1.807, 2.05) is 12.1 Å². The van der Waals surface area contributed by atoms with Gasteiger partial charge in [0.05, 0.1) is 5.56 Å². The third-order valence-corrected chi connectivity index (χ3v) is 4.59. The Balaban J connectivity index is 1.56. The highest BCUT2D eigenvalue weighted by Crippen LogP contribution is 2.47. The van der Waals surface area contributed by atoms with Crippen LogP contribution in [0.2, 0.25) is 0 Å². The predicted molar refractivity (Wildman–Crippen MR) is 92.2 cm³/mol. The number of furan rings is 1. The molecule has 138 valence electrons. The molecule has 3 rings (SSSR count). The summed E-state index contributed by atoms with van der Waals surface area (Å²) in [7, 11) is 1.60. The van der Waals surface area contributed by atoms with Gasteiger partial charge in [0, 0.05) is 25.6 Å². The standard InChI is InChI=1S/C20H20F3NO2/c1-13-11-17(13)18-9-7-16(26-18)8-10-19(25)24(2)12-14-3-5-15(6-4-14)20(21,22)23/h3-10,13,17H,11-12H2,1-2H3/b10-8+/t13-,17-/m0/s1. The Morgan fingerprint density at radius 2 is 1.88 bits per heavy atom. The van der Waals surface area contributed by atoms with Crippen molar-refractivity contribution in [2.75, 3.05) is 7.05 Å². The van der Waals surface area contributed by atoms with Gasteiger partial charge < -0.3 is 9.32 Å². The molecule has 0 bridgehead atoms. The number of alkyl halides is 3. The van der Waals surface area contributed by atoms with E-state index in [1.54, 1.807) is 13.1 Å². The second-order valence-electron chi connectivity index (χ2n) is 6.78. The smallest absolute Gasteiger partial charge is 0.416 e. The summed E-state index contributed by atoms with van der Waals surface area (Å²) in [6.07, 6.45) is -0.209. The van der Waals surface area contributed by atoms with E-state index in [1.165, 1.54) is 23.1 Å². The molecular formula is C20H20F3NO2. The third-order valence-electron chi connectivity index (χ3n) is 4.59. The lowest BCUT2D eigenvalue weighted by molar-refractivity contribution is -0.137. The van der Waals surface area contributed by atoms with Gasteiger partial charge in [-0.3, -0.25) is 4.79 Å². The molecule has 1 heterocycles. The van der Waals surface area contributed by atoms with E-state index in [0.717, 1.165) is 24.3 Å². The highest BCUT2D eigenvalue weighted by Gasteiger charge is 2.36. The Labute approximate surface area is 150 Å². The van der Waals surface area contributed by atoms with Crippen LogP contribution in [0.25, 0.3) is 6.08 Å². The van der Waals surface area contributed by atoms with Crippen molar-refractivity contribution in [2.24, 2.45) is 5.92 Å². The number of likely N-dealkylation sites (N-methyl/N-ethyl adjacent to an activating group) is 1. The molecule has 0 saturated heterocycles. The Kier molecular flexibility index (Phi) is 4.94. The van der Waals surface area contributed by atoms with Crippen LogP contribution in [0.4, 0.5) is 13.2 Å². The first-order valence-electron chi connectivity index (χ1n) is 8.43. The first-order valence-corrected chi connectivity index (χ1v) is 8.43. The zero-order chi connectivity index (χ0) is 18.9. The van der Waals surface area contributed by atoms with Gasteiger partial charge in [-0.25, -0.2) is 0 Å². The van der Waals surface area contributed by atoms with Gasteiger partial charge in [0.15, 0.2) is 0 Å². The van der Waals surface area contributed by atoms with Gasteiger partial charge in [-0.2, -0.15) is 13.2 Å². The summed E-state index contributed by atoms with van der Waals surface area (Å²) in [5.41, 5.74) is -0.0704. The molecule has 1 saturated carbocycles. The number of carbonyl (C=O) groups excluding carboxylic acids is 1. The lowest BCUT2D eigenvalue weighted by atomic mass is 10.1. The quantitative estimate of drug-likeness (QED) is 0.693. The van der Waals surface area contributed by atoms with E-state index in [2.05, 4.69) is 6.92 Å². The van der Waals surface area contributed by atoms with Crippen molar-refractivity contribution in [3.63, 3.8) is 0 Å². The normalized spacial score (nSPS) is 19.7. The highest BCUT2D eigenvalue weighted by atomic mass is 19.4. The van der Waals surface area contributed by atoms with E-state index in [4.69, 9.17) is 4.42 Å². The summed E-state index contributed by atoms with van der Waals surface area (Å²) in [6.45, 7) is 2.40. The van der Waals surface area contributed by atoms with E-state index < -0.39 is 11.7 Å². The van der Waals surface area contributed by atoms with Crippen LogP contribution in [0.15, 0.2) is 46.9 Å². The van der Waals surface area contributed by atoms with Gasteiger partial charge in [0.2, 0.25) is 5.91 Å². The largest absolute Gasteiger partial charge is 0.461 e. The molecule has 26 heavy (non-hydrogen) atoms. The topological polar surface area (TPSA) is 33.5 Å². The number of hydrogen-bond donors (Lipinski definition) is 0. The van der Waals surface area contributed by atoms with Crippen LogP contribution in [0.1, 0.15) is 41.9 Å². The first-order chi connectivity index (χ1) is 12.2. The number of rotatable bonds is 5. The molecule has 3 nitrogen and oxygen atoms in total. The minimum Gasteiger partial charge on any atom is -0.461 e. The average molecular weight is 363 g/mol. The Morgan fingerprint density at radius 1 is 1.23 bits per heavy atom. The Hall–Kier alpha value is -2.50. The maximum atomic E-state index is 12.6. The van der Waals surface area contributed by atoms with Gasteiger partial charge >= 0.3 is 6.18 Å². The highest BCUT2D eigenvalue weighted by molar-refractivity contribution is 5.91. The van der Waals surface area contributed by atoms with Crippen molar-refractivity contribution < 1.29 is 22.4 Å². The van der Waals surface area contributed by atoms with Crippen molar-refractivity contribution in [1.82, 2.24) is 4.90 Å². The van der Waals surface area contributed by atoms with Gasteiger partial charge in [-0.05, 0) is 48.2 Å². The fourth-order valence-corrected chi connectivity index (χ4v) is 2.81. The van der Waals surface area contributed by atoms with Crippen molar-refractivity contribution >= 4 is 12.0 Å². The molecule has 0 N–H and O–H groups in total. The Morgan fingerprint density at radius 3 is 2.46 bits per heavy atom. The van der Waals surface area contributed by atoms with Crippen LogP contribution >= 0.6 is 0 Å². The molecule has 0 unspecified atom stereocenters. The molecular weight excluding hydrogens is 343 g/mol. The zero-order valence-electron chi connectivity index (χ0n) is 14.6. The SMILES string of the molecule is C[C@H]1C[C@@H]1c1ccc(/C=C/C(=O)N(C)Cc2ccc(C(F)(F)F)cc2)o1. The van der Waals surface area contributed by atoms with E-state index in [9.17, 15) is 18.0 Å². The molecule has 6 heteroatoms. The van der Waals surface area contributed by atoms with Crippen molar-refractivity contribution in [2.45, 2.75) is 32.0 Å². The van der Waals surface area contributed by atoms with Crippen LogP contribution in [-0.4, -0.2) is 17.9 Å². The number of nitrogens with zero attached hydrogens (tertiary/aromatic N) is 1. The zero-order valence-corrected chi connectivity index (χ0v) is 14.6. The molecule has 1 fully saturated rings. The summed E-state index contributed by atoms with van der Waals surface area (Å²) in [5.74, 6) is 2.45. The number of carbonyl (C=O) groups is 1. The van der Waals surface area contributed by atoms with Crippen molar-refractivity contribution in [1.29, 1.82) is 0 Å². The van der Waals surface area contributed by atoms with Gasteiger partial charge in [-0.1, -0.05) is 19.1 Å². The molecule has 1 aromatic heterocycles. The molecule has 2 aromatic rings. The molecule has 1 aromatic carbocycles. The second kappa shape index (κ2) is 7.02. The van der Waals surface area contributed by atoms with Crippen LogP contribution in [0, 0.1) is 5.92 Å². The molecule has 1 aliphatic carbocycles. The fraction of sp³-hybridized carbons (Fsp3) is 0.350. The van der Waals surface area contributed by atoms with Gasteiger partial charge in [0.25, 0.3) is 0 Å². The predicted octanol–water partition coefficient (Wildman–Crippen LogP) is 5.09. The number of amides is 1. The molecule has 1 aliphatic rings. The molecule has 0 spiro atoms. The monoisotopic (exact) mass is 363 g/mol. The summed E-state index contributed by atoms with van der Waals surface area (Å²) >= 11 is 0. The minimum absolute atomic E-state index is 0.226. The van der Waals surface area contributed by atoms with Gasteiger partial charge in [-0.15, -0.1) is 0 Å². The molecule has 1 amide bonds. The maximum absolute atomic E-state index is 12.6. The average Bonchev–Trinajstić information content (AvgIpc) is 3.13. The van der Waals surface area contributed by atoms with Crippen LogP contribution in [0.5, 0.6) is 0 Å². The van der Waals surface area contributed by atoms with E-state index in [0.29, 0.717) is 23.2 Å². The number of benzene rings is 1. The van der Waals surface area contributed by atoms with Crippen LogP contribution in [0.3, 0.4) is 0 Å². The summed E-state index contributed by atoms with van der Waals surface area (Å²) < 4.78 is 43.4. The van der Waals surface area contributed by atoms with E-state index >= 15 is 0 Å². The Bertz CT molecular complexity index is 805. The second-order valence-corrected chi connectivity index (χ2v) is 6.78. The molecule has 0 radical (unpaired) electrons. The van der Waals surface area contributed by atoms with Crippen molar-refractivity contribution in [3.8, 4) is 0 Å². The summed E-state index contributed by atoms with van der Waals surface area (Å²) in [5, 5.41) is 0. The first kappa shape index (κ1) is 18.3. The maximum Gasteiger partial charge on any atom is 0.416 e. The fourth-order valence-electron chi connectivity index (χ4n) is 2.81. The third kappa shape index (κ3) is 4.36. The molecule has 0 aliphatic heterocycles. The number of hydrogen-bond acceptors (Lipinski definition) is 2. The van der Waals surface area contributed by atoms with Crippen LogP contribution < -0.4 is 0 Å². The van der Waals surface area contributed by atoms with Gasteiger partial charge in [0.1, 0.15) is 11.5 Å². The summed E-state index contributed by atoms with van der Waals surface area (Å²) in [4.78, 5) is 13.6. The van der Waals surface area contributed by atoms with Crippen molar-refractivity contribution in [3.05, 3.63) is 65.1 Å². The van der Waals surface area contributed by atoms with Crippen LogP contribution in [-0.2, 0) is 17.5 Å². The molecule has 2 atom stereocenters. The summed E-state index contributed by atoms with van der Waals surface area (Å²) in [6, 6.07) is 8.57.